The van der Waals surface area contributed by atoms with Crippen molar-refractivity contribution < 1.29 is 9.47 Å². The molecular formula is C19H31IN4O2. The first kappa shape index (κ1) is 21.2. The number of para-hydroxylation sites is 1. The fourth-order valence-electron chi connectivity index (χ4n) is 3.38. The summed E-state index contributed by atoms with van der Waals surface area (Å²) in [6.07, 6.45) is 1.10. The van der Waals surface area contributed by atoms with Gasteiger partial charge in [0, 0.05) is 38.6 Å². The van der Waals surface area contributed by atoms with Crippen LogP contribution in [0.5, 0.6) is 5.75 Å². The molecule has 0 bridgehead atoms. The van der Waals surface area contributed by atoms with E-state index in [1.807, 2.05) is 12.1 Å². The molecule has 1 fully saturated rings. The van der Waals surface area contributed by atoms with Crippen LogP contribution in [0.25, 0.3) is 0 Å². The van der Waals surface area contributed by atoms with Gasteiger partial charge in [0.25, 0.3) is 0 Å². The molecule has 146 valence electrons. The van der Waals surface area contributed by atoms with E-state index in [1.165, 1.54) is 5.56 Å². The standard InChI is InChI=1S/C19H30N4O2.HI/c1-19(2,23-8-10-24-11-9-23)14-22-18(20-3)21-13-16-12-15-6-4-5-7-17(15)25-16;/h4-7,16H,8-14H2,1-3H3,(H2,20,21,22);1H. The summed E-state index contributed by atoms with van der Waals surface area (Å²) in [7, 11) is 1.81. The van der Waals surface area contributed by atoms with Crippen LogP contribution in [0.4, 0.5) is 0 Å². The molecule has 7 heteroatoms. The molecule has 26 heavy (non-hydrogen) atoms. The van der Waals surface area contributed by atoms with Crippen LogP contribution in [-0.4, -0.2) is 68.9 Å². The van der Waals surface area contributed by atoms with Crippen molar-refractivity contribution in [3.63, 3.8) is 0 Å². The topological polar surface area (TPSA) is 58.1 Å². The van der Waals surface area contributed by atoms with E-state index in [0.717, 1.165) is 57.5 Å². The number of fused-ring (bicyclic) bond motifs is 1. The van der Waals surface area contributed by atoms with Crippen LogP contribution in [0.15, 0.2) is 29.3 Å². The minimum Gasteiger partial charge on any atom is -0.488 e. The highest BCUT2D eigenvalue weighted by Crippen LogP contribution is 2.27. The van der Waals surface area contributed by atoms with Crippen LogP contribution in [0.2, 0.25) is 0 Å². The van der Waals surface area contributed by atoms with Crippen LogP contribution >= 0.6 is 24.0 Å². The van der Waals surface area contributed by atoms with Gasteiger partial charge in [-0.1, -0.05) is 18.2 Å². The minimum absolute atomic E-state index is 0. The molecule has 0 spiro atoms. The van der Waals surface area contributed by atoms with Gasteiger partial charge in [-0.3, -0.25) is 9.89 Å². The Kier molecular flexibility index (Phi) is 7.97. The molecular weight excluding hydrogens is 443 g/mol. The summed E-state index contributed by atoms with van der Waals surface area (Å²) in [6, 6.07) is 8.25. The minimum atomic E-state index is 0. The van der Waals surface area contributed by atoms with E-state index in [4.69, 9.17) is 9.47 Å². The molecule has 6 nitrogen and oxygen atoms in total. The van der Waals surface area contributed by atoms with Gasteiger partial charge in [0.15, 0.2) is 5.96 Å². The number of benzene rings is 1. The molecule has 0 aliphatic carbocycles. The van der Waals surface area contributed by atoms with Gasteiger partial charge >= 0.3 is 0 Å². The number of halogens is 1. The maximum absolute atomic E-state index is 5.98. The van der Waals surface area contributed by atoms with Gasteiger partial charge in [-0.25, -0.2) is 0 Å². The van der Waals surface area contributed by atoms with E-state index in [2.05, 4.69) is 46.5 Å². The van der Waals surface area contributed by atoms with Crippen LogP contribution in [0.3, 0.4) is 0 Å². The maximum atomic E-state index is 5.98. The molecule has 0 saturated carbocycles. The van der Waals surface area contributed by atoms with Crippen LogP contribution < -0.4 is 15.4 Å². The summed E-state index contributed by atoms with van der Waals surface area (Å²) in [5.74, 6) is 1.83. The van der Waals surface area contributed by atoms with Crippen molar-refractivity contribution >= 4 is 29.9 Å². The summed E-state index contributed by atoms with van der Waals surface area (Å²) < 4.78 is 11.4. The first-order chi connectivity index (χ1) is 12.1. The lowest BCUT2D eigenvalue weighted by Crippen LogP contribution is -2.56. The fourth-order valence-corrected chi connectivity index (χ4v) is 3.38. The highest BCUT2D eigenvalue weighted by Gasteiger charge is 2.28. The van der Waals surface area contributed by atoms with Crippen molar-refractivity contribution in [2.45, 2.75) is 31.9 Å². The molecule has 1 aromatic carbocycles. The number of ether oxygens (including phenoxy) is 2. The normalized spacial score (nSPS) is 20.7. The molecule has 2 N–H and O–H groups in total. The van der Waals surface area contributed by atoms with Crippen LogP contribution in [0, 0.1) is 0 Å². The van der Waals surface area contributed by atoms with Crippen molar-refractivity contribution in [1.29, 1.82) is 0 Å². The van der Waals surface area contributed by atoms with Crippen molar-refractivity contribution in [2.75, 3.05) is 46.4 Å². The number of guanidine groups is 1. The lowest BCUT2D eigenvalue weighted by molar-refractivity contribution is -0.00834. The molecule has 0 aromatic heterocycles. The Hall–Kier alpha value is -1.06. The van der Waals surface area contributed by atoms with E-state index < -0.39 is 0 Å². The van der Waals surface area contributed by atoms with Crippen molar-refractivity contribution in [3.8, 4) is 5.75 Å². The number of rotatable bonds is 5. The average Bonchev–Trinajstić information content (AvgIpc) is 3.05. The van der Waals surface area contributed by atoms with Crippen molar-refractivity contribution in [3.05, 3.63) is 29.8 Å². The molecule has 3 rings (SSSR count). The summed E-state index contributed by atoms with van der Waals surface area (Å²) in [4.78, 5) is 6.81. The Morgan fingerprint density at radius 1 is 1.23 bits per heavy atom. The Morgan fingerprint density at radius 2 is 1.96 bits per heavy atom. The monoisotopic (exact) mass is 474 g/mol. The second-order valence-corrected chi connectivity index (χ2v) is 7.27. The number of nitrogens with one attached hydrogen (secondary N) is 2. The lowest BCUT2D eigenvalue weighted by atomic mass is 10.0. The van der Waals surface area contributed by atoms with Gasteiger partial charge in [0.2, 0.25) is 0 Å². The predicted molar refractivity (Wildman–Crippen MR) is 116 cm³/mol. The zero-order chi connectivity index (χ0) is 17.7. The number of hydrogen-bond acceptors (Lipinski definition) is 4. The average molecular weight is 474 g/mol. The van der Waals surface area contributed by atoms with Crippen LogP contribution in [0.1, 0.15) is 19.4 Å². The van der Waals surface area contributed by atoms with Crippen LogP contribution in [-0.2, 0) is 11.2 Å². The molecule has 1 unspecified atom stereocenters. The molecule has 1 aromatic rings. The zero-order valence-corrected chi connectivity index (χ0v) is 18.3. The molecule has 2 aliphatic rings. The van der Waals surface area contributed by atoms with Gasteiger partial charge in [-0.15, -0.1) is 24.0 Å². The predicted octanol–water partition coefficient (Wildman–Crippen LogP) is 1.88. The lowest BCUT2D eigenvalue weighted by Gasteiger charge is -2.41. The van der Waals surface area contributed by atoms with E-state index in [1.54, 1.807) is 7.05 Å². The van der Waals surface area contributed by atoms with Gasteiger partial charge in [0.1, 0.15) is 11.9 Å². The van der Waals surface area contributed by atoms with Gasteiger partial charge < -0.3 is 20.1 Å². The van der Waals surface area contributed by atoms with Crippen molar-refractivity contribution in [2.24, 2.45) is 4.99 Å². The summed E-state index contributed by atoms with van der Waals surface area (Å²) in [5.41, 5.74) is 1.34. The number of morpholine rings is 1. The highest BCUT2D eigenvalue weighted by atomic mass is 127. The van der Waals surface area contributed by atoms with Gasteiger partial charge in [-0.2, -0.15) is 0 Å². The van der Waals surface area contributed by atoms with E-state index >= 15 is 0 Å². The largest absolute Gasteiger partial charge is 0.488 e. The first-order valence-corrected chi connectivity index (χ1v) is 9.10. The SMILES string of the molecule is CN=C(NCC1Cc2ccccc2O1)NCC(C)(C)N1CCOCC1.I. The second kappa shape index (κ2) is 9.75. The quantitative estimate of drug-likeness (QED) is 0.388. The number of nitrogens with zero attached hydrogens (tertiary/aromatic N) is 2. The van der Waals surface area contributed by atoms with Gasteiger partial charge in [-0.05, 0) is 25.5 Å². The molecule has 0 amide bonds. The maximum Gasteiger partial charge on any atom is 0.191 e. The molecule has 2 aliphatic heterocycles. The van der Waals surface area contributed by atoms with Gasteiger partial charge in [0.05, 0.1) is 19.8 Å². The highest BCUT2D eigenvalue weighted by molar-refractivity contribution is 14.0. The third-order valence-corrected chi connectivity index (χ3v) is 4.99. The second-order valence-electron chi connectivity index (χ2n) is 7.27. The van der Waals surface area contributed by atoms with E-state index in [0.29, 0.717) is 0 Å². The molecule has 1 saturated heterocycles. The fraction of sp³-hybridized carbons (Fsp3) is 0.632. The third kappa shape index (κ3) is 5.47. The zero-order valence-electron chi connectivity index (χ0n) is 16.0. The summed E-state index contributed by atoms with van der Waals surface area (Å²) >= 11 is 0. The van der Waals surface area contributed by atoms with E-state index in [-0.39, 0.29) is 35.6 Å². The Morgan fingerprint density at radius 3 is 2.65 bits per heavy atom. The smallest absolute Gasteiger partial charge is 0.191 e. The number of hydrogen-bond donors (Lipinski definition) is 2. The summed E-state index contributed by atoms with van der Waals surface area (Å²) in [6.45, 7) is 9.69. The number of aliphatic imine (C=N–C) groups is 1. The Labute approximate surface area is 173 Å². The summed E-state index contributed by atoms with van der Waals surface area (Å²) in [5, 5.41) is 6.85. The first-order valence-electron chi connectivity index (χ1n) is 9.10. The molecule has 1 atom stereocenters. The molecule has 2 heterocycles. The molecule has 0 radical (unpaired) electrons. The van der Waals surface area contributed by atoms with E-state index in [9.17, 15) is 0 Å². The third-order valence-electron chi connectivity index (χ3n) is 4.99. The van der Waals surface area contributed by atoms with Crippen molar-refractivity contribution in [1.82, 2.24) is 15.5 Å². The Balaban J connectivity index is 0.00000243. The Bertz CT molecular complexity index is 578.